The van der Waals surface area contributed by atoms with E-state index in [9.17, 15) is 5.11 Å². The van der Waals surface area contributed by atoms with Crippen LogP contribution < -0.4 is 16.6 Å². The fourth-order valence-corrected chi connectivity index (χ4v) is 2.16. The van der Waals surface area contributed by atoms with Crippen molar-refractivity contribution in [3.8, 4) is 0 Å². The SMILES string of the molecule is CCc1c(NN)ncnc1NC1(CO)CCC1. The zero-order chi connectivity index (χ0) is 12.3. The van der Waals surface area contributed by atoms with Crippen LogP contribution in [0.3, 0.4) is 0 Å². The minimum Gasteiger partial charge on any atom is -0.394 e. The van der Waals surface area contributed by atoms with Gasteiger partial charge in [-0.05, 0) is 25.7 Å². The van der Waals surface area contributed by atoms with Crippen molar-refractivity contribution < 1.29 is 5.11 Å². The fourth-order valence-electron chi connectivity index (χ4n) is 2.16. The van der Waals surface area contributed by atoms with Crippen LogP contribution >= 0.6 is 0 Å². The molecule has 0 bridgehead atoms. The molecule has 94 valence electrons. The first kappa shape index (κ1) is 12.1. The van der Waals surface area contributed by atoms with Gasteiger partial charge in [0.15, 0.2) is 0 Å². The summed E-state index contributed by atoms with van der Waals surface area (Å²) in [7, 11) is 0. The molecule has 0 atom stereocenters. The van der Waals surface area contributed by atoms with E-state index in [-0.39, 0.29) is 12.1 Å². The number of nitrogens with zero attached hydrogens (tertiary/aromatic N) is 2. The Kier molecular flexibility index (Phi) is 3.44. The molecule has 1 saturated carbocycles. The molecule has 0 radical (unpaired) electrons. The molecular weight excluding hydrogens is 218 g/mol. The second-order valence-electron chi connectivity index (χ2n) is 4.46. The Morgan fingerprint density at radius 1 is 1.41 bits per heavy atom. The summed E-state index contributed by atoms with van der Waals surface area (Å²) in [6.45, 7) is 2.16. The summed E-state index contributed by atoms with van der Waals surface area (Å²) in [6.07, 6.45) is 5.34. The molecule has 0 aliphatic heterocycles. The highest BCUT2D eigenvalue weighted by Gasteiger charge is 2.37. The monoisotopic (exact) mass is 237 g/mol. The van der Waals surface area contributed by atoms with Gasteiger partial charge in [0.2, 0.25) is 0 Å². The Morgan fingerprint density at radius 3 is 2.59 bits per heavy atom. The van der Waals surface area contributed by atoms with Crippen molar-refractivity contribution in [2.24, 2.45) is 5.84 Å². The average Bonchev–Trinajstić information content (AvgIpc) is 2.33. The number of anilines is 2. The average molecular weight is 237 g/mol. The molecule has 5 N–H and O–H groups in total. The van der Waals surface area contributed by atoms with Crippen LogP contribution in [0.5, 0.6) is 0 Å². The number of aromatic nitrogens is 2. The Hall–Kier alpha value is -1.40. The number of nitrogens with two attached hydrogens (primary N) is 1. The summed E-state index contributed by atoms with van der Waals surface area (Å²) in [5.41, 5.74) is 3.32. The summed E-state index contributed by atoms with van der Waals surface area (Å²) in [6, 6.07) is 0. The number of nitrogens with one attached hydrogen (secondary N) is 2. The summed E-state index contributed by atoms with van der Waals surface area (Å²) in [4.78, 5) is 8.32. The van der Waals surface area contributed by atoms with E-state index in [0.717, 1.165) is 37.1 Å². The molecule has 0 aromatic carbocycles. The van der Waals surface area contributed by atoms with E-state index in [1.165, 1.54) is 6.33 Å². The van der Waals surface area contributed by atoms with Crippen LogP contribution in [0.15, 0.2) is 6.33 Å². The second-order valence-corrected chi connectivity index (χ2v) is 4.46. The maximum absolute atomic E-state index is 9.44. The van der Waals surface area contributed by atoms with Gasteiger partial charge in [-0.25, -0.2) is 15.8 Å². The standard InChI is InChI=1S/C11H19N5O/c1-2-8-9(13-7-14-10(8)16-12)15-11(6-17)4-3-5-11/h7,17H,2-6,12H2,1H3,(H2,13,14,15,16). The van der Waals surface area contributed by atoms with E-state index in [4.69, 9.17) is 5.84 Å². The van der Waals surface area contributed by atoms with Crippen LogP contribution in [0.1, 0.15) is 31.7 Å². The second kappa shape index (κ2) is 4.85. The molecule has 0 amide bonds. The van der Waals surface area contributed by atoms with Crippen molar-refractivity contribution in [1.82, 2.24) is 9.97 Å². The molecule has 17 heavy (non-hydrogen) atoms. The molecule has 1 aromatic rings. The first-order valence-corrected chi connectivity index (χ1v) is 5.94. The maximum Gasteiger partial charge on any atom is 0.148 e. The van der Waals surface area contributed by atoms with E-state index in [1.807, 2.05) is 6.92 Å². The number of aliphatic hydroxyl groups excluding tert-OH is 1. The van der Waals surface area contributed by atoms with Crippen LogP contribution in [0.2, 0.25) is 0 Å². The van der Waals surface area contributed by atoms with Crippen molar-refractivity contribution >= 4 is 11.6 Å². The highest BCUT2D eigenvalue weighted by atomic mass is 16.3. The Morgan fingerprint density at radius 2 is 2.12 bits per heavy atom. The van der Waals surface area contributed by atoms with E-state index < -0.39 is 0 Å². The van der Waals surface area contributed by atoms with Crippen molar-refractivity contribution in [2.75, 3.05) is 17.3 Å². The van der Waals surface area contributed by atoms with Gasteiger partial charge in [-0.2, -0.15) is 0 Å². The highest BCUT2D eigenvalue weighted by molar-refractivity contribution is 5.58. The summed E-state index contributed by atoms with van der Waals surface area (Å²) in [5, 5.41) is 12.8. The van der Waals surface area contributed by atoms with Gasteiger partial charge in [0.25, 0.3) is 0 Å². The van der Waals surface area contributed by atoms with Crippen LogP contribution in [-0.2, 0) is 6.42 Å². The lowest BCUT2D eigenvalue weighted by Crippen LogP contribution is -2.48. The van der Waals surface area contributed by atoms with E-state index >= 15 is 0 Å². The van der Waals surface area contributed by atoms with Gasteiger partial charge in [-0.3, -0.25) is 0 Å². The normalized spacial score (nSPS) is 17.4. The summed E-state index contributed by atoms with van der Waals surface area (Å²) >= 11 is 0. The lowest BCUT2D eigenvalue weighted by Gasteiger charge is -2.41. The highest BCUT2D eigenvalue weighted by Crippen LogP contribution is 2.35. The molecule has 1 aliphatic carbocycles. The van der Waals surface area contributed by atoms with Gasteiger partial charge in [0.1, 0.15) is 18.0 Å². The number of hydrogen-bond donors (Lipinski definition) is 4. The number of rotatable bonds is 5. The molecule has 6 nitrogen and oxygen atoms in total. The molecule has 1 heterocycles. The minimum absolute atomic E-state index is 0.131. The van der Waals surface area contributed by atoms with Crippen molar-refractivity contribution in [3.63, 3.8) is 0 Å². The van der Waals surface area contributed by atoms with Gasteiger partial charge < -0.3 is 15.8 Å². The third kappa shape index (κ3) is 2.18. The van der Waals surface area contributed by atoms with Gasteiger partial charge in [-0.15, -0.1) is 0 Å². The molecule has 0 unspecified atom stereocenters. The van der Waals surface area contributed by atoms with E-state index in [0.29, 0.717) is 5.82 Å². The number of hydrogen-bond acceptors (Lipinski definition) is 6. The largest absolute Gasteiger partial charge is 0.394 e. The lowest BCUT2D eigenvalue weighted by atomic mass is 9.77. The van der Waals surface area contributed by atoms with Crippen molar-refractivity contribution in [1.29, 1.82) is 0 Å². The Labute approximate surface area is 101 Å². The van der Waals surface area contributed by atoms with Gasteiger partial charge >= 0.3 is 0 Å². The van der Waals surface area contributed by atoms with Gasteiger partial charge in [0.05, 0.1) is 12.1 Å². The van der Waals surface area contributed by atoms with Gasteiger partial charge in [-0.1, -0.05) is 6.92 Å². The first-order chi connectivity index (χ1) is 8.24. The van der Waals surface area contributed by atoms with Gasteiger partial charge in [0, 0.05) is 5.56 Å². The van der Waals surface area contributed by atoms with E-state index in [2.05, 4.69) is 20.7 Å². The number of hydrazine groups is 1. The predicted octanol–water partition coefficient (Wildman–Crippen LogP) is 0.651. The zero-order valence-electron chi connectivity index (χ0n) is 10.0. The van der Waals surface area contributed by atoms with Crippen molar-refractivity contribution in [2.45, 2.75) is 38.1 Å². The number of aliphatic hydroxyl groups is 1. The van der Waals surface area contributed by atoms with Crippen molar-refractivity contribution in [3.05, 3.63) is 11.9 Å². The minimum atomic E-state index is -0.204. The Bertz CT molecular complexity index is 386. The molecule has 1 aliphatic rings. The van der Waals surface area contributed by atoms with Crippen LogP contribution in [0, 0.1) is 0 Å². The fraction of sp³-hybridized carbons (Fsp3) is 0.636. The molecule has 0 spiro atoms. The molecular formula is C11H19N5O. The lowest BCUT2D eigenvalue weighted by molar-refractivity contribution is 0.143. The van der Waals surface area contributed by atoms with Crippen LogP contribution in [0.4, 0.5) is 11.6 Å². The quantitative estimate of drug-likeness (QED) is 0.443. The smallest absolute Gasteiger partial charge is 0.148 e. The van der Waals surface area contributed by atoms with Crippen LogP contribution in [0.25, 0.3) is 0 Å². The third-order valence-corrected chi connectivity index (χ3v) is 3.43. The summed E-state index contributed by atoms with van der Waals surface area (Å²) in [5.74, 6) is 6.82. The third-order valence-electron chi connectivity index (χ3n) is 3.43. The molecule has 6 heteroatoms. The molecule has 2 rings (SSSR count). The van der Waals surface area contributed by atoms with Crippen LogP contribution in [-0.4, -0.2) is 27.2 Å². The molecule has 1 aromatic heterocycles. The number of nitrogen functional groups attached to an aromatic ring is 1. The molecule has 1 fully saturated rings. The first-order valence-electron chi connectivity index (χ1n) is 5.94. The zero-order valence-corrected chi connectivity index (χ0v) is 10.0. The topological polar surface area (TPSA) is 96.1 Å². The summed E-state index contributed by atoms with van der Waals surface area (Å²) < 4.78 is 0. The molecule has 0 saturated heterocycles. The van der Waals surface area contributed by atoms with E-state index in [1.54, 1.807) is 0 Å². The predicted molar refractivity (Wildman–Crippen MR) is 66.5 cm³/mol. The maximum atomic E-state index is 9.44. The Balaban J connectivity index is 2.25.